The van der Waals surface area contributed by atoms with Crippen molar-refractivity contribution in [2.24, 2.45) is 0 Å². The van der Waals surface area contributed by atoms with Gasteiger partial charge >= 0.3 is 12.1 Å². The lowest BCUT2D eigenvalue weighted by molar-refractivity contribution is -0.137. The minimum Gasteiger partial charge on any atom is -0.461 e. The lowest BCUT2D eigenvalue weighted by atomic mass is 9.97. The minimum atomic E-state index is -4.49. The second kappa shape index (κ2) is 11.1. The predicted molar refractivity (Wildman–Crippen MR) is 126 cm³/mol. The van der Waals surface area contributed by atoms with Crippen LogP contribution in [0.15, 0.2) is 40.2 Å². The van der Waals surface area contributed by atoms with Crippen molar-refractivity contribution in [1.82, 2.24) is 20.4 Å². The van der Waals surface area contributed by atoms with Crippen molar-refractivity contribution in [2.75, 3.05) is 26.2 Å². The molecule has 0 spiro atoms. The van der Waals surface area contributed by atoms with E-state index in [-0.39, 0.29) is 36.2 Å². The van der Waals surface area contributed by atoms with Crippen LogP contribution in [-0.2, 0) is 15.7 Å². The van der Waals surface area contributed by atoms with Gasteiger partial charge in [-0.1, -0.05) is 5.16 Å². The number of carbonyl (C=O) groups is 3. The summed E-state index contributed by atoms with van der Waals surface area (Å²) in [6, 6.07) is 5.29. The molecule has 1 aromatic carbocycles. The number of esters is 1. The Morgan fingerprint density at radius 1 is 1.19 bits per heavy atom. The molecule has 3 heterocycles. The van der Waals surface area contributed by atoms with Crippen molar-refractivity contribution in [1.29, 1.82) is 0 Å². The Balaban J connectivity index is 1.26. The third-order valence-electron chi connectivity index (χ3n) is 5.84. The summed E-state index contributed by atoms with van der Waals surface area (Å²) in [6.07, 6.45) is -3.13. The van der Waals surface area contributed by atoms with Crippen LogP contribution in [0.1, 0.15) is 57.1 Å². The normalized spacial score (nSPS) is 14.4. The largest absolute Gasteiger partial charge is 0.461 e. The van der Waals surface area contributed by atoms with Crippen LogP contribution in [0.25, 0.3) is 11.5 Å². The molecule has 0 bridgehead atoms. The monoisotopic (exact) mass is 536 g/mol. The first-order valence-corrected chi connectivity index (χ1v) is 12.4. The highest BCUT2D eigenvalue weighted by Crippen LogP contribution is 2.33. The highest BCUT2D eigenvalue weighted by atomic mass is 32.1. The van der Waals surface area contributed by atoms with Crippen molar-refractivity contribution < 1.29 is 36.8 Å². The number of amides is 2. The number of benzene rings is 1. The highest BCUT2D eigenvalue weighted by Gasteiger charge is 2.30. The Kier molecular flexibility index (Phi) is 7.91. The molecule has 37 heavy (non-hydrogen) atoms. The molecule has 1 N–H and O–H groups in total. The maximum Gasteiger partial charge on any atom is 0.416 e. The molecule has 4 rings (SSSR count). The van der Waals surface area contributed by atoms with E-state index in [2.05, 4.69) is 15.5 Å². The number of aromatic nitrogens is 2. The van der Waals surface area contributed by atoms with E-state index in [0.717, 1.165) is 29.3 Å². The van der Waals surface area contributed by atoms with Crippen molar-refractivity contribution in [2.45, 2.75) is 31.9 Å². The maximum absolute atomic E-state index is 12.7. The number of nitrogens with one attached hydrogen (secondary N) is 1. The molecule has 0 unspecified atom stereocenters. The van der Waals surface area contributed by atoms with Gasteiger partial charge in [-0.15, -0.1) is 11.3 Å². The number of likely N-dealkylation sites (tertiary alicyclic amines) is 1. The van der Waals surface area contributed by atoms with Gasteiger partial charge in [0.25, 0.3) is 5.91 Å². The molecule has 0 saturated carbocycles. The molecule has 0 atom stereocenters. The fourth-order valence-corrected chi connectivity index (χ4v) is 4.82. The Morgan fingerprint density at radius 3 is 2.54 bits per heavy atom. The minimum absolute atomic E-state index is 0.0419. The molecule has 13 heteroatoms. The molecule has 9 nitrogen and oxygen atoms in total. The number of hydrogen-bond acceptors (Lipinski definition) is 8. The quantitative estimate of drug-likeness (QED) is 0.452. The SMILES string of the molecule is CCOC(=O)c1cc(-c2csc(C3CCN(C(=O)CNC(=O)c4ccc(C(F)(F)F)cc4)CC3)n2)on1. The number of ether oxygens (including phenoxy) is 1. The van der Waals surface area contributed by atoms with Crippen LogP contribution in [0, 0.1) is 0 Å². The summed E-state index contributed by atoms with van der Waals surface area (Å²) in [4.78, 5) is 42.8. The molecular weight excluding hydrogens is 513 g/mol. The van der Waals surface area contributed by atoms with E-state index >= 15 is 0 Å². The van der Waals surface area contributed by atoms with E-state index < -0.39 is 23.6 Å². The molecular formula is C24H23F3N4O5S. The summed E-state index contributed by atoms with van der Waals surface area (Å²) in [5.74, 6) is -0.961. The first kappa shape index (κ1) is 26.3. The molecule has 1 aliphatic heterocycles. The van der Waals surface area contributed by atoms with Crippen molar-refractivity contribution in [3.05, 3.63) is 57.5 Å². The van der Waals surface area contributed by atoms with E-state index in [4.69, 9.17) is 9.26 Å². The second-order valence-electron chi connectivity index (χ2n) is 8.28. The molecule has 1 fully saturated rings. The van der Waals surface area contributed by atoms with Crippen molar-refractivity contribution in [3.63, 3.8) is 0 Å². The van der Waals surface area contributed by atoms with Crippen LogP contribution in [0.5, 0.6) is 0 Å². The molecule has 196 valence electrons. The van der Waals surface area contributed by atoms with Gasteiger partial charge in [0.15, 0.2) is 11.5 Å². The summed E-state index contributed by atoms with van der Waals surface area (Å²) in [7, 11) is 0. The molecule has 1 aliphatic rings. The molecule has 0 aliphatic carbocycles. The average Bonchev–Trinajstić information content (AvgIpc) is 3.57. The number of nitrogens with zero attached hydrogens (tertiary/aromatic N) is 3. The van der Waals surface area contributed by atoms with Gasteiger partial charge in [-0.2, -0.15) is 13.2 Å². The molecule has 1 saturated heterocycles. The standard InChI is InChI=1S/C24H23F3N4O5S/c1-2-35-23(34)17-11-19(36-30-17)18-13-37-22(29-18)15-7-9-31(10-8-15)20(32)12-28-21(33)14-3-5-16(6-4-14)24(25,26)27/h3-6,11,13,15H,2,7-10,12H2,1H3,(H,28,33). The predicted octanol–water partition coefficient (Wildman–Crippen LogP) is 4.13. The van der Waals surface area contributed by atoms with Gasteiger partial charge < -0.3 is 19.5 Å². The zero-order chi connectivity index (χ0) is 26.6. The molecule has 2 aromatic heterocycles. The topological polar surface area (TPSA) is 115 Å². The maximum atomic E-state index is 12.7. The summed E-state index contributed by atoms with van der Waals surface area (Å²) < 4.78 is 48.1. The average molecular weight is 537 g/mol. The summed E-state index contributed by atoms with van der Waals surface area (Å²) >= 11 is 1.46. The van der Waals surface area contributed by atoms with Gasteiger partial charge in [0.2, 0.25) is 5.91 Å². The van der Waals surface area contributed by atoms with Crippen LogP contribution in [0.2, 0.25) is 0 Å². The Morgan fingerprint density at radius 2 is 1.89 bits per heavy atom. The Labute approximate surface area is 213 Å². The Hall–Kier alpha value is -3.74. The van der Waals surface area contributed by atoms with Crippen LogP contribution < -0.4 is 5.32 Å². The number of halogens is 3. The van der Waals surface area contributed by atoms with Gasteiger partial charge in [-0.05, 0) is 44.0 Å². The zero-order valence-electron chi connectivity index (χ0n) is 19.7. The summed E-state index contributed by atoms with van der Waals surface area (Å²) in [5, 5.41) is 8.89. The first-order chi connectivity index (χ1) is 17.7. The van der Waals surface area contributed by atoms with E-state index in [9.17, 15) is 27.6 Å². The van der Waals surface area contributed by atoms with Gasteiger partial charge in [0.05, 0.1) is 23.7 Å². The molecule has 3 aromatic rings. The number of piperidine rings is 1. The summed E-state index contributed by atoms with van der Waals surface area (Å²) in [5.41, 5.74) is -0.172. The number of hydrogen-bond donors (Lipinski definition) is 1. The van der Waals surface area contributed by atoms with E-state index in [0.29, 0.717) is 37.4 Å². The fraction of sp³-hybridized carbons (Fsp3) is 0.375. The van der Waals surface area contributed by atoms with Gasteiger partial charge in [0.1, 0.15) is 5.69 Å². The third-order valence-corrected chi connectivity index (χ3v) is 6.85. The van der Waals surface area contributed by atoms with Crippen LogP contribution >= 0.6 is 11.3 Å². The van der Waals surface area contributed by atoms with E-state index in [1.807, 2.05) is 5.38 Å². The number of rotatable bonds is 7. The lowest BCUT2D eigenvalue weighted by Gasteiger charge is -2.31. The van der Waals surface area contributed by atoms with Crippen LogP contribution in [-0.4, -0.2) is 59.1 Å². The van der Waals surface area contributed by atoms with Crippen molar-refractivity contribution >= 4 is 29.1 Å². The third kappa shape index (κ3) is 6.34. The van der Waals surface area contributed by atoms with Gasteiger partial charge in [-0.25, -0.2) is 9.78 Å². The summed E-state index contributed by atoms with van der Waals surface area (Å²) in [6.45, 7) is 2.63. The van der Waals surface area contributed by atoms with Crippen LogP contribution in [0.4, 0.5) is 13.2 Å². The van der Waals surface area contributed by atoms with E-state index in [1.54, 1.807) is 11.8 Å². The number of alkyl halides is 3. The zero-order valence-corrected chi connectivity index (χ0v) is 20.5. The highest BCUT2D eigenvalue weighted by molar-refractivity contribution is 7.10. The second-order valence-corrected chi connectivity index (χ2v) is 9.17. The van der Waals surface area contributed by atoms with Gasteiger partial charge in [-0.3, -0.25) is 9.59 Å². The fourth-order valence-electron chi connectivity index (χ4n) is 3.84. The smallest absolute Gasteiger partial charge is 0.416 e. The Bertz CT molecular complexity index is 1260. The van der Waals surface area contributed by atoms with Crippen molar-refractivity contribution in [3.8, 4) is 11.5 Å². The van der Waals surface area contributed by atoms with E-state index in [1.165, 1.54) is 17.4 Å². The lowest BCUT2D eigenvalue weighted by Crippen LogP contribution is -2.43. The number of thiazole rings is 1. The molecule has 2 amide bonds. The van der Waals surface area contributed by atoms with Crippen LogP contribution in [0.3, 0.4) is 0 Å². The van der Waals surface area contributed by atoms with Gasteiger partial charge in [0, 0.05) is 36.0 Å². The molecule has 0 radical (unpaired) electrons. The first-order valence-electron chi connectivity index (χ1n) is 11.5. The number of carbonyl (C=O) groups excluding carboxylic acids is 3.